The van der Waals surface area contributed by atoms with Gasteiger partial charge in [-0.1, -0.05) is 49.2 Å². The molecule has 0 radical (unpaired) electrons. The predicted molar refractivity (Wildman–Crippen MR) is 106 cm³/mol. The molecule has 0 aliphatic heterocycles. The number of esters is 1. The van der Waals surface area contributed by atoms with Crippen LogP contribution in [0.4, 0.5) is 0 Å². The minimum atomic E-state index is -0.952. The van der Waals surface area contributed by atoms with Crippen LogP contribution in [0.15, 0.2) is 24.3 Å². The Balaban J connectivity index is 2.02. The molecule has 0 bridgehead atoms. The quantitative estimate of drug-likeness (QED) is 0.629. The van der Waals surface area contributed by atoms with Crippen molar-refractivity contribution in [3.05, 3.63) is 44.9 Å². The van der Waals surface area contributed by atoms with E-state index in [9.17, 15) is 9.59 Å². The maximum atomic E-state index is 12.5. The van der Waals surface area contributed by atoms with E-state index in [1.54, 1.807) is 19.2 Å². The summed E-state index contributed by atoms with van der Waals surface area (Å²) < 4.78 is 14.5. The normalized spacial score (nSPS) is 11.9. The molecule has 146 valence electrons. The Morgan fingerprint density at radius 2 is 1.89 bits per heavy atom. The van der Waals surface area contributed by atoms with Gasteiger partial charge in [-0.15, -0.1) is 0 Å². The Labute approximate surface area is 171 Å². The zero-order valence-corrected chi connectivity index (χ0v) is 17.5. The Morgan fingerprint density at radius 3 is 2.41 bits per heavy atom. The molecule has 9 heteroatoms. The molecule has 0 aliphatic rings. The van der Waals surface area contributed by atoms with Gasteiger partial charge in [-0.3, -0.25) is 4.79 Å². The molecule has 2 rings (SSSR count). The Morgan fingerprint density at radius 1 is 1.22 bits per heavy atom. The number of nitrogens with zero attached hydrogens (tertiary/aromatic N) is 1. The number of ether oxygens (including phenoxy) is 2. The number of carbonyl (C=O) groups is 2. The third-order valence-electron chi connectivity index (χ3n) is 3.64. The lowest BCUT2D eigenvalue weighted by Crippen LogP contribution is -2.38. The summed E-state index contributed by atoms with van der Waals surface area (Å²) in [7, 11) is 1.59. The number of benzene rings is 1. The summed E-state index contributed by atoms with van der Waals surface area (Å²) in [5.74, 6) is -0.279. The zero-order valence-electron chi connectivity index (χ0n) is 15.1. The molecule has 0 spiro atoms. The molecule has 1 atom stereocenters. The van der Waals surface area contributed by atoms with Gasteiger partial charge in [0.1, 0.15) is 15.1 Å². The third kappa shape index (κ3) is 6.09. The molecule has 1 N–H and O–H groups in total. The maximum absolute atomic E-state index is 12.5. The second-order valence-corrected chi connectivity index (χ2v) is 7.96. The summed E-state index contributed by atoms with van der Waals surface area (Å²) in [6, 6.07) is 7.31. The smallest absolute Gasteiger partial charge is 0.360 e. The van der Waals surface area contributed by atoms with Crippen LogP contribution in [-0.2, 0) is 16.1 Å². The van der Waals surface area contributed by atoms with Crippen molar-refractivity contribution in [1.82, 2.24) is 9.69 Å². The fourth-order valence-electron chi connectivity index (χ4n) is 2.25. The molecule has 0 saturated heterocycles. The molecule has 0 fully saturated rings. The van der Waals surface area contributed by atoms with Gasteiger partial charge in [0, 0.05) is 6.54 Å². The average Bonchev–Trinajstić information content (AvgIpc) is 2.98. The van der Waals surface area contributed by atoms with Crippen molar-refractivity contribution in [3.8, 4) is 5.75 Å². The van der Waals surface area contributed by atoms with Crippen LogP contribution in [0.3, 0.4) is 0 Å². The number of methoxy groups -OCH3 is 1. The summed E-state index contributed by atoms with van der Waals surface area (Å²) in [6.45, 7) is 4.17. The van der Waals surface area contributed by atoms with Gasteiger partial charge in [0.05, 0.1) is 7.11 Å². The molecule has 1 aromatic heterocycles. The Kier molecular flexibility index (Phi) is 7.89. The van der Waals surface area contributed by atoms with Gasteiger partial charge in [0.25, 0.3) is 5.91 Å². The molecule has 6 nitrogen and oxygen atoms in total. The highest BCUT2D eigenvalue weighted by molar-refractivity contribution is 7.11. The van der Waals surface area contributed by atoms with Gasteiger partial charge in [-0.2, -0.15) is 4.37 Å². The minimum Gasteiger partial charge on any atom is -0.497 e. The second kappa shape index (κ2) is 9.92. The lowest BCUT2D eigenvalue weighted by Gasteiger charge is -2.19. The minimum absolute atomic E-state index is 0.0357. The van der Waals surface area contributed by atoms with Gasteiger partial charge in [0.15, 0.2) is 11.8 Å². The Bertz CT molecular complexity index is 793. The van der Waals surface area contributed by atoms with Crippen molar-refractivity contribution < 1.29 is 19.1 Å². The third-order valence-corrected chi connectivity index (χ3v) is 5.25. The van der Waals surface area contributed by atoms with Crippen molar-refractivity contribution in [3.63, 3.8) is 0 Å². The fraction of sp³-hybridized carbons (Fsp3) is 0.389. The van der Waals surface area contributed by atoms with Crippen LogP contribution in [0.2, 0.25) is 9.36 Å². The molecule has 1 aromatic carbocycles. The second-order valence-electron chi connectivity index (χ2n) is 6.21. The van der Waals surface area contributed by atoms with Crippen molar-refractivity contribution in [2.24, 2.45) is 5.92 Å². The topological polar surface area (TPSA) is 77.5 Å². The molecule has 2 aromatic rings. The van der Waals surface area contributed by atoms with Crippen LogP contribution in [0, 0.1) is 5.92 Å². The predicted octanol–water partition coefficient (Wildman–Crippen LogP) is 4.35. The number of nitrogens with one attached hydrogen (secondary N) is 1. The van der Waals surface area contributed by atoms with E-state index in [4.69, 9.17) is 32.7 Å². The number of amides is 1. The highest BCUT2D eigenvalue weighted by Gasteiger charge is 2.27. The average molecular weight is 431 g/mol. The van der Waals surface area contributed by atoms with E-state index in [0.717, 1.165) is 22.8 Å². The van der Waals surface area contributed by atoms with E-state index in [0.29, 0.717) is 13.0 Å². The molecular formula is C18H20Cl2N2O4S. The first-order chi connectivity index (χ1) is 12.8. The van der Waals surface area contributed by atoms with Crippen molar-refractivity contribution in [1.29, 1.82) is 0 Å². The first-order valence-corrected chi connectivity index (χ1v) is 9.77. The van der Waals surface area contributed by atoms with Crippen LogP contribution in [0.1, 0.15) is 36.3 Å². The number of hydrogen-bond donors (Lipinski definition) is 1. The molecule has 1 amide bonds. The summed E-state index contributed by atoms with van der Waals surface area (Å²) in [5, 5.41) is 2.82. The van der Waals surface area contributed by atoms with Gasteiger partial charge >= 0.3 is 5.97 Å². The first kappa shape index (κ1) is 21.5. The van der Waals surface area contributed by atoms with E-state index in [1.807, 2.05) is 26.0 Å². The van der Waals surface area contributed by atoms with Gasteiger partial charge in [-0.05, 0) is 41.6 Å². The van der Waals surface area contributed by atoms with Gasteiger partial charge in [0.2, 0.25) is 0 Å². The van der Waals surface area contributed by atoms with Crippen LogP contribution in [-0.4, -0.2) is 29.5 Å². The van der Waals surface area contributed by atoms with E-state index >= 15 is 0 Å². The first-order valence-electron chi connectivity index (χ1n) is 8.24. The molecule has 0 saturated carbocycles. The fourth-order valence-corrected chi connectivity index (χ4v) is 3.23. The zero-order chi connectivity index (χ0) is 20.0. The van der Waals surface area contributed by atoms with E-state index < -0.39 is 12.1 Å². The molecule has 27 heavy (non-hydrogen) atoms. The number of halogens is 2. The highest BCUT2D eigenvalue weighted by atomic mass is 35.5. The van der Waals surface area contributed by atoms with Crippen molar-refractivity contribution >= 4 is 46.6 Å². The molecule has 1 unspecified atom stereocenters. The van der Waals surface area contributed by atoms with Gasteiger partial charge in [-0.25, -0.2) is 4.79 Å². The molecule has 1 heterocycles. The summed E-state index contributed by atoms with van der Waals surface area (Å²) in [6.07, 6.45) is -0.581. The standard InChI is InChI=1S/C18H20Cl2N2O4S/c1-10(2)8-13(26-18(24)15-14(19)16(20)27-22-15)17(23)21-9-11-4-6-12(25-3)7-5-11/h4-7,10,13H,8-9H2,1-3H3,(H,21,23). The number of carbonyl (C=O) groups excluding carboxylic acids is 2. The van der Waals surface area contributed by atoms with E-state index in [1.165, 1.54) is 0 Å². The Hall–Kier alpha value is -1.83. The number of aromatic nitrogens is 1. The van der Waals surface area contributed by atoms with E-state index in [-0.39, 0.29) is 26.9 Å². The SMILES string of the molecule is COc1ccc(CNC(=O)C(CC(C)C)OC(=O)c2nsc(Cl)c2Cl)cc1. The number of rotatable bonds is 8. The molecule has 0 aliphatic carbocycles. The highest BCUT2D eigenvalue weighted by Crippen LogP contribution is 2.30. The van der Waals surface area contributed by atoms with Crippen LogP contribution in [0.5, 0.6) is 5.75 Å². The van der Waals surface area contributed by atoms with Crippen LogP contribution < -0.4 is 10.1 Å². The maximum Gasteiger partial charge on any atom is 0.360 e. The van der Waals surface area contributed by atoms with E-state index in [2.05, 4.69) is 9.69 Å². The van der Waals surface area contributed by atoms with Crippen molar-refractivity contribution in [2.45, 2.75) is 32.9 Å². The molecular weight excluding hydrogens is 411 g/mol. The van der Waals surface area contributed by atoms with Crippen molar-refractivity contribution in [2.75, 3.05) is 7.11 Å². The lowest BCUT2D eigenvalue weighted by atomic mass is 10.1. The van der Waals surface area contributed by atoms with Gasteiger partial charge < -0.3 is 14.8 Å². The summed E-state index contributed by atoms with van der Waals surface area (Å²) in [4.78, 5) is 24.8. The van der Waals surface area contributed by atoms with Crippen LogP contribution in [0.25, 0.3) is 0 Å². The monoisotopic (exact) mass is 430 g/mol. The summed E-state index contributed by atoms with van der Waals surface area (Å²) in [5.41, 5.74) is 0.816. The van der Waals surface area contributed by atoms with Crippen LogP contribution >= 0.6 is 34.7 Å². The largest absolute Gasteiger partial charge is 0.497 e. The lowest BCUT2D eigenvalue weighted by molar-refractivity contribution is -0.131. The summed E-state index contributed by atoms with van der Waals surface area (Å²) >= 11 is 12.7. The number of hydrogen-bond acceptors (Lipinski definition) is 6.